The van der Waals surface area contributed by atoms with Crippen LogP contribution in [0.5, 0.6) is 11.5 Å². The van der Waals surface area contributed by atoms with Crippen molar-refractivity contribution in [1.29, 1.82) is 0 Å². The Bertz CT molecular complexity index is 1220. The summed E-state index contributed by atoms with van der Waals surface area (Å²) in [4.78, 5) is 19.7. The number of H-pyrrole nitrogens is 1. The first kappa shape index (κ1) is 19.0. The molecule has 0 bridgehead atoms. The Morgan fingerprint density at radius 3 is 2.72 bits per heavy atom. The molecule has 2 heterocycles. The lowest BCUT2D eigenvalue weighted by Gasteiger charge is -2.09. The minimum absolute atomic E-state index is 0.174. The van der Waals surface area contributed by atoms with Crippen molar-refractivity contribution in [2.24, 2.45) is 0 Å². The lowest BCUT2D eigenvalue weighted by atomic mass is 10.2. The predicted octanol–water partition coefficient (Wildman–Crippen LogP) is 3.84. The highest BCUT2D eigenvalue weighted by atomic mass is 32.2. The standard InChI is InChI=1S/C20H18N4O4S/c1-11(17-21-15-7-5-4-6-13(15)18(25)22-17)29-20-24-23-19(28-20)14-9-8-12(26-2)10-16(14)27-3/h4-11H,1-3H3,(H,21,22,25)/t11-/m1/s1. The van der Waals surface area contributed by atoms with E-state index in [-0.39, 0.29) is 10.8 Å². The molecule has 0 unspecified atom stereocenters. The summed E-state index contributed by atoms with van der Waals surface area (Å²) in [5.74, 6) is 2.11. The minimum Gasteiger partial charge on any atom is -0.497 e. The topological polar surface area (TPSA) is 103 Å². The lowest BCUT2D eigenvalue weighted by Crippen LogP contribution is -2.12. The molecule has 8 nitrogen and oxygen atoms in total. The fraction of sp³-hybridized carbons (Fsp3) is 0.200. The van der Waals surface area contributed by atoms with Crippen LogP contribution in [0.25, 0.3) is 22.4 Å². The van der Waals surface area contributed by atoms with Crippen molar-refractivity contribution in [3.05, 3.63) is 58.6 Å². The van der Waals surface area contributed by atoms with Crippen LogP contribution in [0, 0.1) is 0 Å². The number of nitrogens with zero attached hydrogens (tertiary/aromatic N) is 3. The van der Waals surface area contributed by atoms with Gasteiger partial charge in [-0.2, -0.15) is 0 Å². The normalized spacial score (nSPS) is 12.1. The summed E-state index contributed by atoms with van der Waals surface area (Å²) < 4.78 is 16.4. The summed E-state index contributed by atoms with van der Waals surface area (Å²) in [6.45, 7) is 1.91. The first-order valence-corrected chi connectivity index (χ1v) is 9.68. The molecule has 4 aromatic rings. The van der Waals surface area contributed by atoms with E-state index in [4.69, 9.17) is 13.9 Å². The SMILES string of the molecule is COc1ccc(-c2nnc(S[C@H](C)c3nc4ccccc4c(=O)[nH]3)o2)c(OC)c1. The van der Waals surface area contributed by atoms with Crippen LogP contribution in [-0.4, -0.2) is 34.4 Å². The highest BCUT2D eigenvalue weighted by molar-refractivity contribution is 7.99. The molecule has 0 radical (unpaired) electrons. The van der Waals surface area contributed by atoms with Gasteiger partial charge in [0.15, 0.2) is 0 Å². The Labute approximate surface area is 170 Å². The van der Waals surface area contributed by atoms with Crippen LogP contribution in [0.15, 0.2) is 56.9 Å². The number of hydrogen-bond acceptors (Lipinski definition) is 8. The fourth-order valence-corrected chi connectivity index (χ4v) is 3.59. The fourth-order valence-electron chi connectivity index (χ4n) is 2.85. The summed E-state index contributed by atoms with van der Waals surface area (Å²) in [7, 11) is 3.15. The van der Waals surface area contributed by atoms with Gasteiger partial charge in [0.05, 0.1) is 35.9 Å². The van der Waals surface area contributed by atoms with E-state index in [1.807, 2.05) is 25.1 Å². The third-order valence-corrected chi connectivity index (χ3v) is 5.28. The monoisotopic (exact) mass is 410 g/mol. The van der Waals surface area contributed by atoms with Gasteiger partial charge in [-0.25, -0.2) is 4.98 Å². The largest absolute Gasteiger partial charge is 0.497 e. The molecule has 0 saturated heterocycles. The number of aromatic nitrogens is 4. The van der Waals surface area contributed by atoms with Crippen LogP contribution >= 0.6 is 11.8 Å². The Morgan fingerprint density at radius 2 is 1.93 bits per heavy atom. The number of ether oxygens (including phenoxy) is 2. The molecule has 4 rings (SSSR count). The average Bonchev–Trinajstić information content (AvgIpc) is 3.21. The maximum atomic E-state index is 12.3. The van der Waals surface area contributed by atoms with Crippen molar-refractivity contribution in [3.8, 4) is 23.0 Å². The zero-order valence-corrected chi connectivity index (χ0v) is 16.8. The Hall–Kier alpha value is -3.33. The molecule has 0 saturated carbocycles. The van der Waals surface area contributed by atoms with Crippen LogP contribution in [-0.2, 0) is 0 Å². The highest BCUT2D eigenvalue weighted by Crippen LogP contribution is 2.36. The maximum Gasteiger partial charge on any atom is 0.277 e. The molecule has 0 aliphatic rings. The van der Waals surface area contributed by atoms with Crippen LogP contribution in [0.1, 0.15) is 18.0 Å². The number of nitrogens with one attached hydrogen (secondary N) is 1. The molecule has 1 N–H and O–H groups in total. The number of rotatable bonds is 6. The molecule has 148 valence electrons. The van der Waals surface area contributed by atoms with Gasteiger partial charge in [-0.15, -0.1) is 10.2 Å². The van der Waals surface area contributed by atoms with E-state index < -0.39 is 0 Å². The van der Waals surface area contributed by atoms with Crippen molar-refractivity contribution in [1.82, 2.24) is 20.2 Å². The average molecular weight is 410 g/mol. The van der Waals surface area contributed by atoms with Crippen LogP contribution < -0.4 is 15.0 Å². The van der Waals surface area contributed by atoms with Gasteiger partial charge in [0.25, 0.3) is 16.7 Å². The first-order chi connectivity index (χ1) is 14.1. The van der Waals surface area contributed by atoms with E-state index in [0.717, 1.165) is 0 Å². The van der Waals surface area contributed by atoms with Gasteiger partial charge in [0.2, 0.25) is 0 Å². The van der Waals surface area contributed by atoms with E-state index in [9.17, 15) is 4.79 Å². The Balaban J connectivity index is 1.59. The van der Waals surface area contributed by atoms with Crippen LogP contribution in [0.3, 0.4) is 0 Å². The van der Waals surface area contributed by atoms with E-state index in [1.165, 1.54) is 11.8 Å². The Morgan fingerprint density at radius 1 is 1.10 bits per heavy atom. The predicted molar refractivity (Wildman–Crippen MR) is 109 cm³/mol. The maximum absolute atomic E-state index is 12.3. The van der Waals surface area contributed by atoms with Crippen molar-refractivity contribution in [2.75, 3.05) is 14.2 Å². The Kier molecular flexibility index (Phi) is 5.22. The van der Waals surface area contributed by atoms with E-state index >= 15 is 0 Å². The summed E-state index contributed by atoms with van der Waals surface area (Å²) >= 11 is 1.31. The minimum atomic E-state index is -0.196. The van der Waals surface area contributed by atoms with Gasteiger partial charge in [-0.3, -0.25) is 4.79 Å². The van der Waals surface area contributed by atoms with Gasteiger partial charge < -0.3 is 18.9 Å². The number of methoxy groups -OCH3 is 2. The van der Waals surface area contributed by atoms with Gasteiger partial charge in [-0.05, 0) is 31.2 Å². The molecule has 9 heteroatoms. The molecule has 2 aromatic heterocycles. The number of para-hydroxylation sites is 1. The molecule has 2 aromatic carbocycles. The molecular formula is C20H18N4O4S. The van der Waals surface area contributed by atoms with Gasteiger partial charge in [-0.1, -0.05) is 23.9 Å². The van der Waals surface area contributed by atoms with Crippen molar-refractivity contribution < 1.29 is 13.9 Å². The molecule has 29 heavy (non-hydrogen) atoms. The van der Waals surface area contributed by atoms with Gasteiger partial charge in [0, 0.05) is 6.07 Å². The highest BCUT2D eigenvalue weighted by Gasteiger charge is 2.19. The number of fused-ring (bicyclic) bond motifs is 1. The molecule has 0 aliphatic carbocycles. The number of thioether (sulfide) groups is 1. The second kappa shape index (κ2) is 7.96. The summed E-state index contributed by atoms with van der Waals surface area (Å²) in [5, 5.41) is 8.94. The van der Waals surface area contributed by atoms with Gasteiger partial charge >= 0.3 is 0 Å². The smallest absolute Gasteiger partial charge is 0.277 e. The van der Waals surface area contributed by atoms with E-state index in [0.29, 0.717) is 44.9 Å². The molecule has 0 amide bonds. The summed E-state index contributed by atoms with van der Waals surface area (Å²) in [6.07, 6.45) is 0. The van der Waals surface area contributed by atoms with E-state index in [1.54, 1.807) is 38.5 Å². The second-order valence-electron chi connectivity index (χ2n) is 6.17. The quantitative estimate of drug-likeness (QED) is 0.478. The second-order valence-corrected chi connectivity index (χ2v) is 7.46. The number of benzene rings is 2. The zero-order chi connectivity index (χ0) is 20.4. The van der Waals surface area contributed by atoms with Crippen molar-refractivity contribution >= 4 is 22.7 Å². The third kappa shape index (κ3) is 3.81. The van der Waals surface area contributed by atoms with E-state index in [2.05, 4.69) is 20.2 Å². The third-order valence-electron chi connectivity index (χ3n) is 4.34. The lowest BCUT2D eigenvalue weighted by molar-refractivity contribution is 0.393. The van der Waals surface area contributed by atoms with Crippen LogP contribution in [0.2, 0.25) is 0 Å². The van der Waals surface area contributed by atoms with Crippen LogP contribution in [0.4, 0.5) is 0 Å². The molecule has 0 spiro atoms. The molecule has 1 atom stereocenters. The van der Waals surface area contributed by atoms with Crippen molar-refractivity contribution in [2.45, 2.75) is 17.4 Å². The molecule has 0 fully saturated rings. The number of aromatic amines is 1. The summed E-state index contributed by atoms with van der Waals surface area (Å²) in [5.41, 5.74) is 1.14. The van der Waals surface area contributed by atoms with Gasteiger partial charge in [0.1, 0.15) is 17.3 Å². The van der Waals surface area contributed by atoms with Crippen molar-refractivity contribution in [3.63, 3.8) is 0 Å². The number of hydrogen-bond donors (Lipinski definition) is 1. The summed E-state index contributed by atoms with van der Waals surface area (Å²) in [6, 6.07) is 12.6. The zero-order valence-electron chi connectivity index (χ0n) is 16.0. The first-order valence-electron chi connectivity index (χ1n) is 8.80. The molecule has 0 aliphatic heterocycles. The molecular weight excluding hydrogens is 392 g/mol.